The Balaban J connectivity index is 1.34. The molecule has 15 heteroatoms. The van der Waals surface area contributed by atoms with E-state index in [0.29, 0.717) is 45.6 Å². The van der Waals surface area contributed by atoms with Crippen molar-refractivity contribution in [2.45, 2.75) is 36.1 Å². The minimum Gasteiger partial charge on any atom is -0.490 e. The number of aromatic nitrogens is 2. The SMILES string of the molecule is N#Cc1c(N)nc(SCc2csc(-c3ccc(Cl)cc3)n2)c(C#N)c1-c1ccc(OCCOC(=O)CNC(=O)C(N)CCCCN)cc1. The highest BCUT2D eigenvalue weighted by atomic mass is 35.5. The first-order chi connectivity index (χ1) is 23.2. The minimum atomic E-state index is -0.712. The normalized spacial score (nSPS) is 11.3. The number of nitrogens with zero attached hydrogens (tertiary/aromatic N) is 4. The van der Waals surface area contributed by atoms with Crippen LogP contribution >= 0.6 is 34.7 Å². The lowest BCUT2D eigenvalue weighted by molar-refractivity contribution is -0.144. The number of amides is 1. The number of thiazole rings is 1. The Labute approximate surface area is 291 Å². The van der Waals surface area contributed by atoms with E-state index in [1.807, 2.05) is 29.6 Å². The number of nitriles is 2. The van der Waals surface area contributed by atoms with Crippen LogP contribution in [0.25, 0.3) is 21.7 Å². The fourth-order valence-electron chi connectivity index (χ4n) is 4.45. The van der Waals surface area contributed by atoms with Crippen molar-refractivity contribution in [2.75, 3.05) is 32.0 Å². The van der Waals surface area contributed by atoms with Crippen molar-refractivity contribution in [1.29, 1.82) is 10.5 Å². The van der Waals surface area contributed by atoms with Gasteiger partial charge in [0.15, 0.2) is 0 Å². The first-order valence-corrected chi connectivity index (χ1v) is 17.1. The first kappa shape index (κ1) is 36.1. The van der Waals surface area contributed by atoms with Crippen LogP contribution in [0.4, 0.5) is 5.82 Å². The summed E-state index contributed by atoms with van der Waals surface area (Å²) in [5, 5.41) is 26.3. The van der Waals surface area contributed by atoms with E-state index in [0.717, 1.165) is 29.1 Å². The van der Waals surface area contributed by atoms with Gasteiger partial charge >= 0.3 is 5.97 Å². The molecule has 4 rings (SSSR count). The van der Waals surface area contributed by atoms with Crippen LogP contribution in [0.3, 0.4) is 0 Å². The van der Waals surface area contributed by atoms with Crippen LogP contribution in [0.2, 0.25) is 5.02 Å². The lowest BCUT2D eigenvalue weighted by Gasteiger charge is -2.14. The van der Waals surface area contributed by atoms with Crippen LogP contribution in [0.5, 0.6) is 5.75 Å². The number of carbonyl (C=O) groups is 2. The van der Waals surface area contributed by atoms with Crippen molar-refractivity contribution in [1.82, 2.24) is 15.3 Å². The fourth-order valence-corrected chi connectivity index (χ4v) is 6.39. The Kier molecular flexibility index (Phi) is 13.6. The summed E-state index contributed by atoms with van der Waals surface area (Å²) in [6, 6.07) is 17.7. The van der Waals surface area contributed by atoms with Crippen molar-refractivity contribution in [2.24, 2.45) is 11.5 Å². The molecule has 0 fully saturated rings. The molecule has 1 atom stereocenters. The number of nitrogen functional groups attached to an aromatic ring is 1. The van der Waals surface area contributed by atoms with E-state index in [1.165, 1.54) is 23.1 Å². The van der Waals surface area contributed by atoms with Gasteiger partial charge in [0.2, 0.25) is 5.91 Å². The summed E-state index contributed by atoms with van der Waals surface area (Å²) in [6.45, 7) is 0.242. The second kappa shape index (κ2) is 18.0. The first-order valence-electron chi connectivity index (χ1n) is 14.8. The van der Waals surface area contributed by atoms with Crippen LogP contribution in [-0.4, -0.2) is 54.2 Å². The van der Waals surface area contributed by atoms with Gasteiger partial charge in [0.25, 0.3) is 0 Å². The lowest BCUT2D eigenvalue weighted by atomic mass is 9.97. The van der Waals surface area contributed by atoms with Gasteiger partial charge in [0.05, 0.1) is 17.3 Å². The van der Waals surface area contributed by atoms with Gasteiger partial charge in [-0.1, -0.05) is 54.0 Å². The molecule has 0 spiro atoms. The third kappa shape index (κ3) is 9.90. The molecular formula is C33H33ClN8O4S2. The van der Waals surface area contributed by atoms with E-state index in [9.17, 15) is 20.1 Å². The zero-order chi connectivity index (χ0) is 34.5. The number of rotatable bonds is 16. The largest absolute Gasteiger partial charge is 0.490 e. The molecule has 0 aliphatic heterocycles. The molecule has 48 heavy (non-hydrogen) atoms. The van der Waals surface area contributed by atoms with Crippen LogP contribution in [0, 0.1) is 22.7 Å². The van der Waals surface area contributed by atoms with Gasteiger partial charge < -0.3 is 32.0 Å². The molecule has 0 saturated heterocycles. The van der Waals surface area contributed by atoms with Gasteiger partial charge in [0.1, 0.15) is 59.1 Å². The van der Waals surface area contributed by atoms with Gasteiger partial charge in [-0.05, 0) is 49.2 Å². The molecule has 4 aromatic rings. The summed E-state index contributed by atoms with van der Waals surface area (Å²) < 4.78 is 10.8. The smallest absolute Gasteiger partial charge is 0.325 e. The average Bonchev–Trinajstić information content (AvgIpc) is 3.57. The highest BCUT2D eigenvalue weighted by Gasteiger charge is 2.21. The predicted octanol–water partition coefficient (Wildman–Crippen LogP) is 4.64. The molecule has 1 amide bonds. The Hall–Kier alpha value is -4.70. The third-order valence-corrected chi connectivity index (χ3v) is 9.09. The number of hydrogen-bond donors (Lipinski definition) is 4. The summed E-state index contributed by atoms with van der Waals surface area (Å²) in [5.41, 5.74) is 20.5. The molecule has 2 aromatic heterocycles. The monoisotopic (exact) mass is 704 g/mol. The van der Waals surface area contributed by atoms with E-state index >= 15 is 0 Å². The molecule has 0 radical (unpaired) electrons. The second-order valence-corrected chi connectivity index (χ2v) is 12.6. The molecule has 0 aliphatic rings. The van der Waals surface area contributed by atoms with Crippen LogP contribution < -0.4 is 27.3 Å². The molecule has 1 unspecified atom stereocenters. The predicted molar refractivity (Wildman–Crippen MR) is 186 cm³/mol. The third-order valence-electron chi connectivity index (χ3n) is 6.89. The number of esters is 1. The summed E-state index contributed by atoms with van der Waals surface area (Å²) in [4.78, 5) is 33.1. The maximum absolute atomic E-state index is 12.0. The number of benzene rings is 2. The summed E-state index contributed by atoms with van der Waals surface area (Å²) in [7, 11) is 0. The molecule has 7 N–H and O–H groups in total. The van der Waals surface area contributed by atoms with Crippen molar-refractivity contribution in [3.8, 4) is 39.6 Å². The maximum atomic E-state index is 12.0. The van der Waals surface area contributed by atoms with Gasteiger partial charge in [-0.3, -0.25) is 9.59 Å². The second-order valence-electron chi connectivity index (χ2n) is 10.3. The molecule has 0 aliphatic carbocycles. The van der Waals surface area contributed by atoms with Crippen molar-refractivity contribution in [3.63, 3.8) is 0 Å². The Morgan fingerprint density at radius 3 is 2.40 bits per heavy atom. The highest BCUT2D eigenvalue weighted by molar-refractivity contribution is 7.98. The van der Waals surface area contributed by atoms with E-state index < -0.39 is 17.9 Å². The molecule has 248 valence electrons. The van der Waals surface area contributed by atoms with Crippen LogP contribution in [0.15, 0.2) is 58.9 Å². The van der Waals surface area contributed by atoms with Gasteiger partial charge in [-0.15, -0.1) is 11.3 Å². The molecule has 2 aromatic carbocycles. The number of nitrogens with one attached hydrogen (secondary N) is 1. The van der Waals surface area contributed by atoms with Crippen molar-refractivity contribution >= 4 is 52.4 Å². The number of thioether (sulfide) groups is 1. The maximum Gasteiger partial charge on any atom is 0.325 e. The molecule has 12 nitrogen and oxygen atoms in total. The Morgan fingerprint density at radius 2 is 1.71 bits per heavy atom. The number of pyridine rings is 1. The van der Waals surface area contributed by atoms with Gasteiger partial charge in [-0.25, -0.2) is 9.97 Å². The number of unbranched alkanes of at least 4 members (excludes halogenated alkanes) is 1. The average molecular weight is 705 g/mol. The van der Waals surface area contributed by atoms with E-state index in [4.69, 9.17) is 43.3 Å². The topological polar surface area (TPSA) is 216 Å². The molecule has 2 heterocycles. The number of halogens is 1. The van der Waals surface area contributed by atoms with Gasteiger partial charge in [0, 0.05) is 27.3 Å². The Bertz CT molecular complexity index is 1800. The summed E-state index contributed by atoms with van der Waals surface area (Å²) >= 11 is 8.81. The standard InChI is InChI=1S/C33H33ClN8O4S2/c34-22-8-4-21(5-9-22)32-41-23(18-47-32)19-48-33-26(16-37)29(25(15-36)30(39)42-33)20-6-10-24(11-7-20)45-13-14-46-28(43)17-40-31(44)27(38)3-1-2-12-35/h4-11,18,27H,1-3,12-14,17,19,35,38H2,(H2,39,42)(H,40,44). The van der Waals surface area contributed by atoms with Gasteiger partial charge in [-0.2, -0.15) is 10.5 Å². The molecular weight excluding hydrogens is 672 g/mol. The number of carbonyl (C=O) groups excluding carboxylic acids is 2. The van der Waals surface area contributed by atoms with Crippen molar-refractivity contribution < 1.29 is 19.1 Å². The van der Waals surface area contributed by atoms with Crippen LogP contribution in [0.1, 0.15) is 36.1 Å². The lowest BCUT2D eigenvalue weighted by Crippen LogP contribution is -2.43. The number of anilines is 1. The molecule has 0 saturated carbocycles. The van der Waals surface area contributed by atoms with Crippen LogP contribution in [-0.2, 0) is 20.1 Å². The van der Waals surface area contributed by atoms with E-state index in [2.05, 4.69) is 22.4 Å². The summed E-state index contributed by atoms with van der Waals surface area (Å²) in [5.74, 6) is -0.126. The van der Waals surface area contributed by atoms with E-state index in [1.54, 1.807) is 24.3 Å². The van der Waals surface area contributed by atoms with E-state index in [-0.39, 0.29) is 36.7 Å². The summed E-state index contributed by atoms with van der Waals surface area (Å²) in [6.07, 6.45) is 1.98. The highest BCUT2D eigenvalue weighted by Crippen LogP contribution is 2.37. The zero-order valence-electron chi connectivity index (χ0n) is 25.8. The zero-order valence-corrected chi connectivity index (χ0v) is 28.2. The minimum absolute atomic E-state index is 0.0149. The fraction of sp³-hybridized carbons (Fsp3) is 0.273. The Morgan fingerprint density at radius 1 is 1.00 bits per heavy atom. The molecule has 0 bridgehead atoms. The number of nitrogens with two attached hydrogens (primary N) is 3. The number of hydrogen-bond acceptors (Lipinski definition) is 13. The quantitative estimate of drug-likeness (QED) is 0.0713. The van der Waals surface area contributed by atoms with Crippen molar-refractivity contribution in [3.05, 3.63) is 75.8 Å². The number of ether oxygens (including phenoxy) is 2.